The Labute approximate surface area is 161 Å². The number of methoxy groups -OCH3 is 2. The molecular weight excluding hydrogens is 340 g/mol. The van der Waals surface area contributed by atoms with Crippen LogP contribution in [0.1, 0.15) is 30.4 Å². The molecule has 0 unspecified atom stereocenters. The Morgan fingerprint density at radius 3 is 2.26 bits per heavy atom. The van der Waals surface area contributed by atoms with Gasteiger partial charge >= 0.3 is 0 Å². The zero-order valence-electron chi connectivity index (χ0n) is 16.2. The summed E-state index contributed by atoms with van der Waals surface area (Å²) in [6, 6.07) is 14.0. The number of hydrogen-bond donors (Lipinski definition) is 1. The first-order valence-electron chi connectivity index (χ1n) is 9.51. The second kappa shape index (κ2) is 9.31. The summed E-state index contributed by atoms with van der Waals surface area (Å²) in [5.41, 5.74) is 3.28. The molecule has 1 heterocycles. The maximum atomic E-state index is 12.3. The largest absolute Gasteiger partial charge is 0.493 e. The highest BCUT2D eigenvalue weighted by Crippen LogP contribution is 2.27. The quantitative estimate of drug-likeness (QED) is 0.812. The Hall–Kier alpha value is -2.69. The molecule has 1 fully saturated rings. The third-order valence-electron chi connectivity index (χ3n) is 4.96. The molecule has 0 aromatic heterocycles. The molecule has 144 valence electrons. The summed E-state index contributed by atoms with van der Waals surface area (Å²) in [6.45, 7) is 2.81. The van der Waals surface area contributed by atoms with Crippen LogP contribution < -0.4 is 19.7 Å². The predicted octanol–water partition coefficient (Wildman–Crippen LogP) is 3.55. The second-order valence-corrected chi connectivity index (χ2v) is 6.86. The molecule has 1 aliphatic heterocycles. The van der Waals surface area contributed by atoms with Crippen LogP contribution in [0.25, 0.3) is 0 Å². The highest BCUT2D eigenvalue weighted by Gasteiger charge is 2.11. The number of amides is 1. The average molecular weight is 368 g/mol. The lowest BCUT2D eigenvalue weighted by Crippen LogP contribution is -2.29. The maximum absolute atomic E-state index is 12.3. The van der Waals surface area contributed by atoms with Gasteiger partial charge in [-0.3, -0.25) is 4.79 Å². The molecule has 0 bridgehead atoms. The molecule has 3 rings (SSSR count). The average Bonchev–Trinajstić information content (AvgIpc) is 2.73. The molecular formula is C22H28N2O3. The van der Waals surface area contributed by atoms with Crippen molar-refractivity contribution < 1.29 is 14.3 Å². The number of anilines is 1. The minimum absolute atomic E-state index is 0.0117. The van der Waals surface area contributed by atoms with Crippen molar-refractivity contribution in [2.24, 2.45) is 0 Å². The lowest BCUT2D eigenvalue weighted by molar-refractivity contribution is -0.120. The van der Waals surface area contributed by atoms with Gasteiger partial charge in [-0.25, -0.2) is 0 Å². The van der Waals surface area contributed by atoms with Gasteiger partial charge in [0.05, 0.1) is 20.6 Å². The van der Waals surface area contributed by atoms with Crippen LogP contribution in [-0.2, 0) is 17.8 Å². The number of ether oxygens (including phenoxy) is 2. The van der Waals surface area contributed by atoms with Gasteiger partial charge in [-0.15, -0.1) is 0 Å². The second-order valence-electron chi connectivity index (χ2n) is 6.86. The van der Waals surface area contributed by atoms with Gasteiger partial charge in [0.2, 0.25) is 5.91 Å². The van der Waals surface area contributed by atoms with E-state index in [1.807, 2.05) is 18.2 Å². The molecule has 1 amide bonds. The van der Waals surface area contributed by atoms with Gasteiger partial charge in [0, 0.05) is 25.3 Å². The Morgan fingerprint density at radius 2 is 1.59 bits per heavy atom. The van der Waals surface area contributed by atoms with E-state index in [1.165, 1.54) is 24.9 Å². The smallest absolute Gasteiger partial charge is 0.224 e. The number of nitrogens with zero attached hydrogens (tertiary/aromatic N) is 1. The Balaban J connectivity index is 1.51. The number of benzene rings is 2. The van der Waals surface area contributed by atoms with E-state index < -0.39 is 0 Å². The van der Waals surface area contributed by atoms with E-state index in [0.29, 0.717) is 24.5 Å². The fraction of sp³-hybridized carbons (Fsp3) is 0.409. The fourth-order valence-corrected chi connectivity index (χ4v) is 3.42. The Bertz CT molecular complexity index is 753. The van der Waals surface area contributed by atoms with Gasteiger partial charge in [-0.2, -0.15) is 0 Å². The van der Waals surface area contributed by atoms with E-state index in [4.69, 9.17) is 9.47 Å². The molecule has 5 heteroatoms. The summed E-state index contributed by atoms with van der Waals surface area (Å²) >= 11 is 0. The van der Waals surface area contributed by atoms with Crippen LogP contribution in [0, 0.1) is 0 Å². The lowest BCUT2D eigenvalue weighted by atomic mass is 10.1. The van der Waals surface area contributed by atoms with Gasteiger partial charge in [0.15, 0.2) is 11.5 Å². The first-order chi connectivity index (χ1) is 13.2. The van der Waals surface area contributed by atoms with E-state index in [2.05, 4.69) is 34.5 Å². The van der Waals surface area contributed by atoms with Gasteiger partial charge in [0.25, 0.3) is 0 Å². The third-order valence-corrected chi connectivity index (χ3v) is 4.96. The molecule has 2 aromatic carbocycles. The van der Waals surface area contributed by atoms with Crippen molar-refractivity contribution in [1.29, 1.82) is 0 Å². The highest BCUT2D eigenvalue weighted by molar-refractivity contribution is 5.78. The third kappa shape index (κ3) is 5.16. The number of hydrogen-bond acceptors (Lipinski definition) is 4. The minimum atomic E-state index is -0.0117. The predicted molar refractivity (Wildman–Crippen MR) is 108 cm³/mol. The van der Waals surface area contributed by atoms with Crippen LogP contribution in [0.2, 0.25) is 0 Å². The van der Waals surface area contributed by atoms with Crippen LogP contribution in [0.4, 0.5) is 5.69 Å². The summed E-state index contributed by atoms with van der Waals surface area (Å²) in [4.78, 5) is 14.7. The van der Waals surface area contributed by atoms with Gasteiger partial charge < -0.3 is 19.7 Å². The standard InChI is InChI=1S/C22H28N2O3/c1-26-20-11-8-18(14-21(20)27-2)15-22(25)23-16-17-6-9-19(10-7-17)24-12-4-3-5-13-24/h6-11,14H,3-5,12-13,15-16H2,1-2H3,(H,23,25). The van der Waals surface area contributed by atoms with Gasteiger partial charge in [-0.1, -0.05) is 18.2 Å². The molecule has 0 saturated carbocycles. The van der Waals surface area contributed by atoms with Crippen molar-refractivity contribution in [3.63, 3.8) is 0 Å². The van der Waals surface area contributed by atoms with Crippen molar-refractivity contribution in [3.05, 3.63) is 53.6 Å². The maximum Gasteiger partial charge on any atom is 0.224 e. The first-order valence-corrected chi connectivity index (χ1v) is 9.51. The first kappa shape index (κ1) is 19.1. The summed E-state index contributed by atoms with van der Waals surface area (Å²) in [5, 5.41) is 2.99. The van der Waals surface area contributed by atoms with Crippen molar-refractivity contribution in [3.8, 4) is 11.5 Å². The highest BCUT2D eigenvalue weighted by atomic mass is 16.5. The van der Waals surface area contributed by atoms with E-state index in [9.17, 15) is 4.79 Å². The molecule has 0 radical (unpaired) electrons. The number of nitrogens with one attached hydrogen (secondary N) is 1. The Morgan fingerprint density at radius 1 is 0.926 bits per heavy atom. The van der Waals surface area contributed by atoms with E-state index in [-0.39, 0.29) is 5.91 Å². The zero-order chi connectivity index (χ0) is 19.1. The van der Waals surface area contributed by atoms with Crippen molar-refractivity contribution in [2.45, 2.75) is 32.2 Å². The zero-order valence-corrected chi connectivity index (χ0v) is 16.2. The van der Waals surface area contributed by atoms with Gasteiger partial charge in [-0.05, 0) is 54.7 Å². The number of carbonyl (C=O) groups is 1. The van der Waals surface area contributed by atoms with E-state index >= 15 is 0 Å². The normalized spacial score (nSPS) is 13.9. The number of carbonyl (C=O) groups excluding carboxylic acids is 1. The van der Waals surface area contributed by atoms with Crippen LogP contribution in [0.5, 0.6) is 11.5 Å². The van der Waals surface area contributed by atoms with Crippen LogP contribution in [0.15, 0.2) is 42.5 Å². The molecule has 27 heavy (non-hydrogen) atoms. The van der Waals surface area contributed by atoms with Crippen molar-refractivity contribution in [1.82, 2.24) is 5.32 Å². The summed E-state index contributed by atoms with van der Waals surface area (Å²) < 4.78 is 10.5. The van der Waals surface area contributed by atoms with Crippen molar-refractivity contribution >= 4 is 11.6 Å². The summed E-state index contributed by atoms with van der Waals surface area (Å²) in [6.07, 6.45) is 4.19. The van der Waals surface area contributed by atoms with Crippen LogP contribution >= 0.6 is 0 Å². The summed E-state index contributed by atoms with van der Waals surface area (Å²) in [7, 11) is 3.19. The lowest BCUT2D eigenvalue weighted by Gasteiger charge is -2.28. The molecule has 1 N–H and O–H groups in total. The van der Waals surface area contributed by atoms with Gasteiger partial charge in [0.1, 0.15) is 0 Å². The monoisotopic (exact) mass is 368 g/mol. The molecule has 0 spiro atoms. The van der Waals surface area contributed by atoms with Crippen molar-refractivity contribution in [2.75, 3.05) is 32.2 Å². The number of rotatable bonds is 7. The van der Waals surface area contributed by atoms with Crippen LogP contribution in [0.3, 0.4) is 0 Å². The molecule has 5 nitrogen and oxygen atoms in total. The summed E-state index contributed by atoms with van der Waals surface area (Å²) in [5.74, 6) is 1.29. The number of piperidine rings is 1. The molecule has 0 atom stereocenters. The minimum Gasteiger partial charge on any atom is -0.493 e. The SMILES string of the molecule is COc1ccc(CC(=O)NCc2ccc(N3CCCCC3)cc2)cc1OC. The molecule has 1 aliphatic rings. The van der Waals surface area contributed by atoms with Crippen LogP contribution in [-0.4, -0.2) is 33.2 Å². The topological polar surface area (TPSA) is 50.8 Å². The molecule has 0 aliphatic carbocycles. The fourth-order valence-electron chi connectivity index (χ4n) is 3.42. The van der Waals surface area contributed by atoms with E-state index in [0.717, 1.165) is 24.2 Å². The Kier molecular flexibility index (Phi) is 6.58. The molecule has 1 saturated heterocycles. The van der Waals surface area contributed by atoms with E-state index in [1.54, 1.807) is 14.2 Å². The molecule has 2 aromatic rings.